The first-order valence-corrected chi connectivity index (χ1v) is 52.8. The zero-order chi connectivity index (χ0) is 91.9. The van der Waals surface area contributed by atoms with Crippen LogP contribution in [0.25, 0.3) is 93.6 Å². The highest BCUT2D eigenvalue weighted by molar-refractivity contribution is 6.13. The van der Waals surface area contributed by atoms with E-state index in [1.807, 2.05) is 0 Å². The van der Waals surface area contributed by atoms with Gasteiger partial charge in [-0.1, -0.05) is 322 Å². The molecule has 19 aromatic rings. The van der Waals surface area contributed by atoms with Crippen molar-refractivity contribution in [1.29, 1.82) is 0 Å². The molecule has 138 heavy (non-hydrogen) atoms. The Balaban J connectivity index is 0.000000116. The molecule has 6 heteroatoms. The monoisotopic (exact) mass is 1800 g/mol. The second-order valence-electron chi connectivity index (χ2n) is 40.8. The van der Waals surface area contributed by atoms with Crippen molar-refractivity contribution in [3.63, 3.8) is 0 Å². The molecule has 688 valence electrons. The molecular formula is C132H130N6. The summed E-state index contributed by atoms with van der Waals surface area (Å²) in [7, 11) is 0. The lowest BCUT2D eigenvalue weighted by atomic mass is 9.84. The Morgan fingerprint density at radius 2 is 0.362 bits per heavy atom. The van der Waals surface area contributed by atoms with Crippen molar-refractivity contribution in [2.24, 2.45) is 0 Å². The van der Waals surface area contributed by atoms with Crippen molar-refractivity contribution in [3.05, 3.63) is 422 Å². The maximum Gasteiger partial charge on any atom is 0.0542 e. The van der Waals surface area contributed by atoms with E-state index in [-0.39, 0.29) is 0 Å². The van der Waals surface area contributed by atoms with Gasteiger partial charge >= 0.3 is 0 Å². The molecule has 0 bridgehead atoms. The molecule has 3 heterocycles. The molecule has 6 aliphatic carbocycles. The normalized spacial score (nSPS) is 16.2. The van der Waals surface area contributed by atoms with Gasteiger partial charge in [-0.2, -0.15) is 0 Å². The van der Waals surface area contributed by atoms with Gasteiger partial charge in [-0.15, -0.1) is 0 Å². The van der Waals surface area contributed by atoms with Crippen LogP contribution in [0.3, 0.4) is 0 Å². The highest BCUT2D eigenvalue weighted by Gasteiger charge is 2.28. The predicted molar refractivity (Wildman–Crippen MR) is 587 cm³/mol. The van der Waals surface area contributed by atoms with E-state index in [9.17, 15) is 0 Å². The quantitative estimate of drug-likeness (QED) is 0.0806. The number of rotatable bonds is 19. The fraction of sp³-hybridized carbons (Fsp3) is 0.273. The number of para-hydroxylation sites is 6. The molecule has 0 radical (unpaired) electrons. The highest BCUT2D eigenvalue weighted by atomic mass is 15.2. The molecular weight excluding hydrogens is 1670 g/mol. The Kier molecular flexibility index (Phi) is 26.2. The SMILES string of the molecule is c1cc(N(c2ccc(C3CCCCC3)cc2)c2ccc(C3CCCCC3)cc2)cc(-n2c3ccccc3c3ccccc32)c1.c1ccc(-n2c3ccccc3c3cc(-c4ccc(N(c5ccc(C6CCCCC6)cc5)c5ccc(C6CCCCC6)cc5)cc4)ccc32)cc1.c1ccc(-n2c3ccccc3c3cc(N(c4ccc(C5CCCCC5)cc4)c4ccc(C5CCCCC5)cc4)ccc32)cc1. The van der Waals surface area contributed by atoms with Crippen LogP contribution in [0, 0.1) is 0 Å². The lowest BCUT2D eigenvalue weighted by Crippen LogP contribution is -2.12. The smallest absolute Gasteiger partial charge is 0.0542 e. The number of benzene rings is 16. The average molecular weight is 1800 g/mol. The van der Waals surface area contributed by atoms with E-state index in [0.29, 0.717) is 35.5 Å². The van der Waals surface area contributed by atoms with Crippen molar-refractivity contribution in [2.75, 3.05) is 14.7 Å². The third-order valence-corrected chi connectivity index (χ3v) is 32.4. The molecule has 0 aliphatic heterocycles. The summed E-state index contributed by atoms with van der Waals surface area (Å²) in [5.74, 6) is 4.25. The first-order valence-electron chi connectivity index (χ1n) is 52.8. The van der Waals surface area contributed by atoms with Crippen LogP contribution in [0.2, 0.25) is 0 Å². The highest BCUT2D eigenvalue weighted by Crippen LogP contribution is 2.49. The number of anilines is 9. The van der Waals surface area contributed by atoms with Crippen molar-refractivity contribution < 1.29 is 0 Å². The number of nitrogens with zero attached hydrogens (tertiary/aromatic N) is 6. The molecule has 0 saturated heterocycles. The van der Waals surface area contributed by atoms with Crippen molar-refractivity contribution in [3.8, 4) is 28.2 Å². The third kappa shape index (κ3) is 18.5. The van der Waals surface area contributed by atoms with Gasteiger partial charge in [0, 0.05) is 101 Å². The van der Waals surface area contributed by atoms with Gasteiger partial charge in [0.25, 0.3) is 0 Å². The second-order valence-corrected chi connectivity index (χ2v) is 40.8. The van der Waals surface area contributed by atoms with E-state index in [4.69, 9.17) is 0 Å². The van der Waals surface area contributed by atoms with Gasteiger partial charge in [-0.05, 0) is 339 Å². The van der Waals surface area contributed by atoms with Crippen molar-refractivity contribution in [2.45, 2.75) is 228 Å². The first kappa shape index (κ1) is 88.3. The summed E-state index contributed by atoms with van der Waals surface area (Å²) in [5.41, 5.74) is 33.4. The summed E-state index contributed by atoms with van der Waals surface area (Å²) in [6.07, 6.45) is 40.6. The van der Waals surface area contributed by atoms with Crippen LogP contribution in [0.4, 0.5) is 51.2 Å². The first-order chi connectivity index (χ1) is 68.5. The van der Waals surface area contributed by atoms with Crippen LogP contribution in [-0.2, 0) is 0 Å². The zero-order valence-corrected chi connectivity index (χ0v) is 80.3. The van der Waals surface area contributed by atoms with E-state index in [1.165, 1.54) is 371 Å². The molecule has 16 aromatic carbocycles. The molecule has 6 saturated carbocycles. The van der Waals surface area contributed by atoms with E-state index in [1.54, 1.807) is 0 Å². The van der Waals surface area contributed by atoms with Gasteiger partial charge in [-0.3, -0.25) is 0 Å². The Labute approximate surface area is 817 Å². The van der Waals surface area contributed by atoms with Crippen LogP contribution in [0.15, 0.2) is 388 Å². The molecule has 0 N–H and O–H groups in total. The Bertz CT molecular complexity index is 7080. The summed E-state index contributed by atoms with van der Waals surface area (Å²) in [4.78, 5) is 7.35. The van der Waals surface area contributed by atoms with Crippen LogP contribution in [0.5, 0.6) is 0 Å². The number of aromatic nitrogens is 3. The Hall–Kier alpha value is -13.7. The number of hydrogen-bond acceptors (Lipinski definition) is 3. The zero-order valence-electron chi connectivity index (χ0n) is 80.3. The summed E-state index contributed by atoms with van der Waals surface area (Å²) < 4.78 is 7.20. The van der Waals surface area contributed by atoms with Crippen molar-refractivity contribution >= 4 is 117 Å². The summed E-state index contributed by atoms with van der Waals surface area (Å²) in [6, 6.07) is 146. The molecule has 0 atom stereocenters. The minimum atomic E-state index is 0.708. The fourth-order valence-electron chi connectivity index (χ4n) is 25.1. The molecule has 0 unspecified atom stereocenters. The van der Waals surface area contributed by atoms with Crippen LogP contribution < -0.4 is 14.7 Å². The number of fused-ring (bicyclic) bond motifs is 9. The lowest BCUT2D eigenvalue weighted by molar-refractivity contribution is 0.443. The molecule has 6 fully saturated rings. The van der Waals surface area contributed by atoms with E-state index in [0.717, 1.165) is 0 Å². The standard InChI is InChI=1S/C48H46N2.2C42H42N2/c1-4-12-35(13-5-1)37-20-27-42(28-21-37)49(43-29-22-38(23-30-43)36-14-6-2-7-15-36)44-31-24-39(25-32-44)40-26-33-48-46(34-40)45-18-10-11-19-47(45)50(48)41-16-8-3-9-17-41;1-4-12-31(13-5-1)33-20-24-36(25-21-33)43(37-26-22-34(23-27-37)32-14-6-2-7-15-32)38-28-29-42-40(30-38)39-18-10-11-19-41(39)44(42)35-16-8-3-9-17-35;1-3-12-31(13-4-1)33-22-26-35(27-23-33)43(36-28-24-34(25-29-36)32-14-5-2-6-15-32)37-16-11-17-38(30-37)44-41-20-9-7-18-39(41)40-19-8-10-21-42(40)44/h3,8-11,16-36H,1-2,4-7,12-15H2;3,8-11,16-32H,1-2,4-7,12-15H2;7-11,16-32H,1-6,12-15H2. The number of hydrogen-bond donors (Lipinski definition) is 0. The molecule has 25 rings (SSSR count). The maximum atomic E-state index is 2.46. The molecule has 0 spiro atoms. The Morgan fingerprint density at radius 1 is 0.145 bits per heavy atom. The largest absolute Gasteiger partial charge is 0.311 e. The Morgan fingerprint density at radius 3 is 0.674 bits per heavy atom. The van der Waals surface area contributed by atoms with Crippen LogP contribution >= 0.6 is 0 Å². The van der Waals surface area contributed by atoms with Gasteiger partial charge in [0.2, 0.25) is 0 Å². The molecule has 0 amide bonds. The van der Waals surface area contributed by atoms with Gasteiger partial charge in [0.15, 0.2) is 0 Å². The molecule has 3 aromatic heterocycles. The summed E-state index contributed by atoms with van der Waals surface area (Å²) >= 11 is 0. The fourth-order valence-corrected chi connectivity index (χ4v) is 25.1. The minimum Gasteiger partial charge on any atom is -0.311 e. The van der Waals surface area contributed by atoms with Gasteiger partial charge in [0.05, 0.1) is 33.1 Å². The third-order valence-electron chi connectivity index (χ3n) is 32.4. The maximum absolute atomic E-state index is 2.46. The second kappa shape index (κ2) is 40.9. The predicted octanol–water partition coefficient (Wildman–Crippen LogP) is 38.7. The molecule has 6 aliphatic rings. The van der Waals surface area contributed by atoms with E-state index >= 15 is 0 Å². The molecule has 6 nitrogen and oxygen atoms in total. The lowest BCUT2D eigenvalue weighted by Gasteiger charge is -2.28. The summed E-state index contributed by atoms with van der Waals surface area (Å²) in [5, 5.41) is 7.72. The van der Waals surface area contributed by atoms with Crippen LogP contribution in [0.1, 0.15) is 262 Å². The van der Waals surface area contributed by atoms with E-state index < -0.39 is 0 Å². The van der Waals surface area contributed by atoms with Gasteiger partial charge in [0.1, 0.15) is 0 Å². The van der Waals surface area contributed by atoms with Crippen molar-refractivity contribution in [1.82, 2.24) is 13.7 Å². The van der Waals surface area contributed by atoms with Crippen LogP contribution in [-0.4, -0.2) is 13.7 Å². The van der Waals surface area contributed by atoms with E-state index in [2.05, 4.69) is 417 Å². The van der Waals surface area contributed by atoms with Gasteiger partial charge < -0.3 is 28.4 Å². The minimum absolute atomic E-state index is 0.708. The topological polar surface area (TPSA) is 24.5 Å². The summed E-state index contributed by atoms with van der Waals surface area (Å²) in [6.45, 7) is 0. The average Bonchev–Trinajstić information content (AvgIpc) is 1.59. The van der Waals surface area contributed by atoms with Gasteiger partial charge in [-0.25, -0.2) is 0 Å².